The average Bonchev–Trinajstić information content (AvgIpc) is 2.38. The van der Waals surface area contributed by atoms with Gasteiger partial charge in [-0.05, 0) is 24.3 Å². The Bertz CT molecular complexity index is 515. The summed E-state index contributed by atoms with van der Waals surface area (Å²) in [6.45, 7) is 3.91. The minimum absolute atomic E-state index is 0.0882. The van der Waals surface area contributed by atoms with Crippen LogP contribution < -0.4 is 4.90 Å². The maximum Gasteiger partial charge on any atom is 0.183 e. The number of hydrogen-bond acceptors (Lipinski definition) is 3. The molecular weight excluding hydrogens is 214 g/mol. The minimum atomic E-state index is -0.0882. The van der Waals surface area contributed by atoms with E-state index in [1.807, 2.05) is 17.2 Å². The number of hydrogen-bond donors (Lipinski definition) is 1. The molecule has 86 valence electrons. The number of phenolic OH excluding ortho intramolecular Hbond substituents is 1. The lowest BCUT2D eigenvalue weighted by molar-refractivity contribution is -0.111. The lowest BCUT2D eigenvalue weighted by Crippen LogP contribution is -2.24. The molecule has 1 aromatic rings. The Labute approximate surface area is 100.0 Å². The maximum atomic E-state index is 11.5. The zero-order chi connectivity index (χ0) is 12.3. The van der Waals surface area contributed by atoms with E-state index >= 15 is 0 Å². The molecule has 2 rings (SSSR count). The molecule has 0 aromatic heterocycles. The Kier molecular flexibility index (Phi) is 3.10. The quantitative estimate of drug-likeness (QED) is 0.806. The van der Waals surface area contributed by atoms with Crippen molar-refractivity contribution in [2.45, 2.75) is 0 Å². The van der Waals surface area contributed by atoms with Gasteiger partial charge in [0.2, 0.25) is 0 Å². The predicted molar refractivity (Wildman–Crippen MR) is 67.9 cm³/mol. The van der Waals surface area contributed by atoms with Crippen molar-refractivity contribution >= 4 is 11.5 Å². The molecule has 1 N–H and O–H groups in total. The standard InChI is InChI=1S/C14H13NO2/c1-2-13(16)11-6-5-9-15(10-11)12-7-3-4-8-14(12)17/h2-9,17H,1,10H2. The van der Waals surface area contributed by atoms with E-state index in [-0.39, 0.29) is 11.5 Å². The second-order valence-electron chi connectivity index (χ2n) is 3.72. The van der Waals surface area contributed by atoms with Crippen LogP contribution in [0.3, 0.4) is 0 Å². The molecule has 0 bridgehead atoms. The van der Waals surface area contributed by atoms with Crippen LogP contribution in [0.2, 0.25) is 0 Å². The number of rotatable bonds is 3. The van der Waals surface area contributed by atoms with Crippen LogP contribution in [0.15, 0.2) is 60.8 Å². The molecule has 3 heteroatoms. The maximum absolute atomic E-state index is 11.5. The summed E-state index contributed by atoms with van der Waals surface area (Å²) in [4.78, 5) is 13.3. The Hall–Kier alpha value is -2.29. The number of allylic oxidation sites excluding steroid dienone is 3. The zero-order valence-electron chi connectivity index (χ0n) is 9.34. The van der Waals surface area contributed by atoms with Gasteiger partial charge in [-0.1, -0.05) is 24.8 Å². The van der Waals surface area contributed by atoms with Gasteiger partial charge in [-0.2, -0.15) is 0 Å². The number of aromatic hydroxyl groups is 1. The fourth-order valence-corrected chi connectivity index (χ4v) is 1.72. The molecule has 1 aliphatic rings. The van der Waals surface area contributed by atoms with Gasteiger partial charge in [-0.25, -0.2) is 0 Å². The van der Waals surface area contributed by atoms with E-state index in [1.54, 1.807) is 30.4 Å². The SMILES string of the molecule is C=CC(=O)C1=CC=CN(c2ccccc2O)C1. The van der Waals surface area contributed by atoms with E-state index in [0.29, 0.717) is 17.8 Å². The number of ketones is 1. The number of carbonyl (C=O) groups is 1. The number of nitrogens with zero attached hydrogens (tertiary/aromatic N) is 1. The Balaban J connectivity index is 2.25. The van der Waals surface area contributed by atoms with Crippen molar-refractivity contribution in [3.05, 3.63) is 60.8 Å². The highest BCUT2D eigenvalue weighted by atomic mass is 16.3. The molecule has 0 unspecified atom stereocenters. The summed E-state index contributed by atoms with van der Waals surface area (Å²) < 4.78 is 0. The van der Waals surface area contributed by atoms with Gasteiger partial charge in [-0.15, -0.1) is 0 Å². The lowest BCUT2D eigenvalue weighted by Gasteiger charge is -2.24. The second kappa shape index (κ2) is 4.70. The largest absolute Gasteiger partial charge is 0.506 e. The molecule has 0 atom stereocenters. The summed E-state index contributed by atoms with van der Waals surface area (Å²) in [5.74, 6) is 0.110. The highest BCUT2D eigenvalue weighted by Gasteiger charge is 2.15. The van der Waals surface area contributed by atoms with Crippen LogP contribution in [0.25, 0.3) is 0 Å². The predicted octanol–water partition coefficient (Wildman–Crippen LogP) is 2.41. The van der Waals surface area contributed by atoms with Crippen LogP contribution in [0.4, 0.5) is 5.69 Å². The summed E-state index contributed by atoms with van der Waals surface area (Å²) in [7, 11) is 0. The highest BCUT2D eigenvalue weighted by Crippen LogP contribution is 2.28. The van der Waals surface area contributed by atoms with E-state index in [2.05, 4.69) is 6.58 Å². The number of benzene rings is 1. The third-order valence-electron chi connectivity index (χ3n) is 2.60. The van der Waals surface area contributed by atoms with Crippen molar-refractivity contribution in [2.75, 3.05) is 11.4 Å². The first-order valence-electron chi connectivity index (χ1n) is 5.31. The number of phenols is 1. The van der Waals surface area contributed by atoms with E-state index in [0.717, 1.165) is 0 Å². The number of anilines is 1. The number of para-hydroxylation sites is 2. The topological polar surface area (TPSA) is 40.5 Å². The van der Waals surface area contributed by atoms with Gasteiger partial charge < -0.3 is 10.0 Å². The summed E-state index contributed by atoms with van der Waals surface area (Å²) in [6, 6.07) is 7.03. The minimum Gasteiger partial charge on any atom is -0.506 e. The van der Waals surface area contributed by atoms with Gasteiger partial charge >= 0.3 is 0 Å². The normalized spacial score (nSPS) is 14.4. The number of carbonyl (C=O) groups excluding carboxylic acids is 1. The molecule has 1 aliphatic heterocycles. The molecule has 3 nitrogen and oxygen atoms in total. The lowest BCUT2D eigenvalue weighted by atomic mass is 10.1. The van der Waals surface area contributed by atoms with Crippen molar-refractivity contribution in [3.63, 3.8) is 0 Å². The molecular formula is C14H13NO2. The molecule has 0 amide bonds. The third-order valence-corrected chi connectivity index (χ3v) is 2.60. The zero-order valence-corrected chi connectivity index (χ0v) is 9.34. The van der Waals surface area contributed by atoms with Crippen molar-refractivity contribution < 1.29 is 9.90 Å². The molecule has 0 fully saturated rings. The average molecular weight is 227 g/mol. The van der Waals surface area contributed by atoms with Crippen molar-refractivity contribution in [2.24, 2.45) is 0 Å². The molecule has 0 radical (unpaired) electrons. The van der Waals surface area contributed by atoms with Gasteiger partial charge in [-0.3, -0.25) is 4.79 Å². The van der Waals surface area contributed by atoms with Gasteiger partial charge in [0.25, 0.3) is 0 Å². The monoisotopic (exact) mass is 227 g/mol. The highest BCUT2D eigenvalue weighted by molar-refractivity contribution is 6.04. The second-order valence-corrected chi connectivity index (χ2v) is 3.72. The summed E-state index contributed by atoms with van der Waals surface area (Å²) in [6.07, 6.45) is 6.68. The molecule has 1 heterocycles. The van der Waals surface area contributed by atoms with Crippen molar-refractivity contribution in [3.8, 4) is 5.75 Å². The molecule has 1 aromatic carbocycles. The van der Waals surface area contributed by atoms with Crippen LogP contribution in [-0.4, -0.2) is 17.4 Å². The van der Waals surface area contributed by atoms with Crippen LogP contribution in [0.1, 0.15) is 0 Å². The van der Waals surface area contributed by atoms with Gasteiger partial charge in [0, 0.05) is 11.8 Å². The van der Waals surface area contributed by atoms with Gasteiger partial charge in [0.15, 0.2) is 5.78 Å². The fraction of sp³-hybridized carbons (Fsp3) is 0.0714. The van der Waals surface area contributed by atoms with Crippen molar-refractivity contribution in [1.29, 1.82) is 0 Å². The molecule has 0 aliphatic carbocycles. The Morgan fingerprint density at radius 1 is 1.41 bits per heavy atom. The van der Waals surface area contributed by atoms with Gasteiger partial charge in [0.1, 0.15) is 5.75 Å². The van der Waals surface area contributed by atoms with Crippen LogP contribution in [0, 0.1) is 0 Å². The molecule has 0 saturated carbocycles. The van der Waals surface area contributed by atoms with E-state index in [4.69, 9.17) is 0 Å². The van der Waals surface area contributed by atoms with E-state index < -0.39 is 0 Å². The van der Waals surface area contributed by atoms with E-state index in [9.17, 15) is 9.90 Å². The third kappa shape index (κ3) is 2.28. The van der Waals surface area contributed by atoms with Crippen molar-refractivity contribution in [1.82, 2.24) is 0 Å². The van der Waals surface area contributed by atoms with Gasteiger partial charge in [0.05, 0.1) is 12.2 Å². The molecule has 0 saturated heterocycles. The summed E-state index contributed by atoms with van der Waals surface area (Å²) in [5, 5.41) is 9.74. The van der Waals surface area contributed by atoms with Crippen LogP contribution >= 0.6 is 0 Å². The van der Waals surface area contributed by atoms with Crippen LogP contribution in [0.5, 0.6) is 5.75 Å². The molecule has 17 heavy (non-hydrogen) atoms. The van der Waals surface area contributed by atoms with Crippen LogP contribution in [-0.2, 0) is 4.79 Å². The molecule has 0 spiro atoms. The van der Waals surface area contributed by atoms with E-state index in [1.165, 1.54) is 6.08 Å². The Morgan fingerprint density at radius 3 is 2.88 bits per heavy atom. The smallest absolute Gasteiger partial charge is 0.183 e. The fourth-order valence-electron chi connectivity index (χ4n) is 1.72. The summed E-state index contributed by atoms with van der Waals surface area (Å²) >= 11 is 0. The first-order chi connectivity index (χ1) is 8.22. The first-order valence-corrected chi connectivity index (χ1v) is 5.31. The Morgan fingerprint density at radius 2 is 2.18 bits per heavy atom. The first kappa shape index (κ1) is 11.2. The summed E-state index contributed by atoms with van der Waals surface area (Å²) in [5.41, 5.74) is 1.34.